The van der Waals surface area contributed by atoms with E-state index in [2.05, 4.69) is 30.0 Å². The van der Waals surface area contributed by atoms with Gasteiger partial charge in [-0.1, -0.05) is 5.16 Å². The fraction of sp³-hybridized carbons (Fsp3) is 0.500. The van der Waals surface area contributed by atoms with Crippen LogP contribution in [-0.4, -0.2) is 55.0 Å². The van der Waals surface area contributed by atoms with Crippen LogP contribution in [0, 0.1) is 19.8 Å². The van der Waals surface area contributed by atoms with Crippen molar-refractivity contribution >= 4 is 22.9 Å². The number of H-pyrrole nitrogens is 1. The van der Waals surface area contributed by atoms with E-state index in [1.165, 1.54) is 6.33 Å². The molecule has 3 fully saturated rings. The molecule has 3 aliphatic rings. The Kier molecular flexibility index (Phi) is 3.63. The predicted octanol–water partition coefficient (Wildman–Crippen LogP) is 1.59. The molecule has 3 aromatic rings. The van der Waals surface area contributed by atoms with Crippen molar-refractivity contribution in [1.82, 2.24) is 30.0 Å². The molecular weight excluding hydrogens is 346 g/mol. The van der Waals surface area contributed by atoms with E-state index in [0.717, 1.165) is 47.7 Å². The molecule has 6 rings (SSSR count). The van der Waals surface area contributed by atoms with Crippen molar-refractivity contribution in [2.45, 2.75) is 39.3 Å². The van der Waals surface area contributed by atoms with Crippen molar-refractivity contribution in [1.29, 1.82) is 0 Å². The van der Waals surface area contributed by atoms with Crippen LogP contribution in [-0.2, 0) is 11.3 Å². The number of carbonyl (C=O) groups is 1. The first kappa shape index (κ1) is 16.2. The summed E-state index contributed by atoms with van der Waals surface area (Å²) in [6, 6.07) is 0.137. The Hall–Kier alpha value is -2.97. The molecule has 0 spiro atoms. The van der Waals surface area contributed by atoms with E-state index < -0.39 is 0 Å². The summed E-state index contributed by atoms with van der Waals surface area (Å²) in [4.78, 5) is 33.4. The first-order valence-electron chi connectivity index (χ1n) is 9.23. The zero-order chi connectivity index (χ0) is 18.5. The Labute approximate surface area is 155 Å². The van der Waals surface area contributed by atoms with E-state index in [-0.39, 0.29) is 17.9 Å². The maximum Gasteiger partial charge on any atom is 0.228 e. The normalized spacial score (nSPS) is 22.7. The van der Waals surface area contributed by atoms with Gasteiger partial charge in [0.05, 0.1) is 24.5 Å². The molecule has 2 atom stereocenters. The number of aromatic nitrogens is 5. The third-order valence-electron chi connectivity index (χ3n) is 5.81. The lowest BCUT2D eigenvalue weighted by Gasteiger charge is -2.35. The number of aryl methyl sites for hydroxylation is 2. The number of imidazole rings is 1. The van der Waals surface area contributed by atoms with Crippen LogP contribution in [0.1, 0.15) is 29.9 Å². The lowest BCUT2D eigenvalue weighted by Crippen LogP contribution is -2.47. The molecule has 0 aliphatic carbocycles. The lowest BCUT2D eigenvalue weighted by atomic mass is 9.93. The van der Waals surface area contributed by atoms with Crippen molar-refractivity contribution in [2.24, 2.45) is 5.92 Å². The highest BCUT2D eigenvalue weighted by atomic mass is 16.5. The molecule has 9 nitrogen and oxygen atoms in total. The van der Waals surface area contributed by atoms with Crippen molar-refractivity contribution in [3.8, 4) is 0 Å². The number of nitrogens with one attached hydrogen (secondary N) is 1. The number of fused-ring (bicyclic) bond motifs is 5. The molecule has 2 bridgehead atoms. The lowest BCUT2D eigenvalue weighted by molar-refractivity contribution is -0.140. The Balaban J connectivity index is 1.48. The van der Waals surface area contributed by atoms with E-state index in [1.807, 2.05) is 18.7 Å². The Morgan fingerprint density at radius 1 is 1.22 bits per heavy atom. The molecule has 3 saturated heterocycles. The molecule has 3 aromatic heterocycles. The van der Waals surface area contributed by atoms with Crippen LogP contribution >= 0.6 is 0 Å². The van der Waals surface area contributed by atoms with Gasteiger partial charge >= 0.3 is 0 Å². The van der Waals surface area contributed by atoms with Gasteiger partial charge in [0, 0.05) is 24.7 Å². The number of hydrogen-bond acceptors (Lipinski definition) is 7. The van der Waals surface area contributed by atoms with E-state index in [4.69, 9.17) is 4.52 Å². The van der Waals surface area contributed by atoms with Gasteiger partial charge in [-0.05, 0) is 26.7 Å². The van der Waals surface area contributed by atoms with Gasteiger partial charge in [-0.15, -0.1) is 0 Å². The Morgan fingerprint density at radius 2 is 2.11 bits per heavy atom. The summed E-state index contributed by atoms with van der Waals surface area (Å²) in [6.45, 7) is 5.79. The molecular formula is C18H21N7O2. The van der Waals surface area contributed by atoms with Gasteiger partial charge in [-0.2, -0.15) is 0 Å². The van der Waals surface area contributed by atoms with Crippen molar-refractivity contribution in [2.75, 3.05) is 18.0 Å². The average Bonchev–Trinajstić information content (AvgIpc) is 3.16. The highest BCUT2D eigenvalue weighted by molar-refractivity contribution is 5.85. The highest BCUT2D eigenvalue weighted by Gasteiger charge is 2.41. The average molecular weight is 367 g/mol. The second kappa shape index (κ2) is 6.04. The van der Waals surface area contributed by atoms with Crippen LogP contribution < -0.4 is 4.90 Å². The SMILES string of the molecule is Cc1noc(C)c1CN1C(=O)[C@@H]2CC[C@H]1CN(c1ncnc3nc[nH]c13)C2. The molecule has 0 unspecified atom stereocenters. The van der Waals surface area contributed by atoms with E-state index >= 15 is 0 Å². The molecule has 1 amide bonds. The Morgan fingerprint density at radius 3 is 2.93 bits per heavy atom. The fourth-order valence-electron chi connectivity index (χ4n) is 4.31. The molecule has 0 radical (unpaired) electrons. The van der Waals surface area contributed by atoms with E-state index in [1.54, 1.807) is 6.33 Å². The number of aromatic amines is 1. The van der Waals surface area contributed by atoms with Gasteiger partial charge in [0.2, 0.25) is 5.91 Å². The maximum absolute atomic E-state index is 13.1. The largest absolute Gasteiger partial charge is 0.361 e. The van der Waals surface area contributed by atoms with Gasteiger partial charge in [-0.25, -0.2) is 15.0 Å². The number of piperidine rings is 1. The molecule has 0 aromatic carbocycles. The molecule has 3 aliphatic heterocycles. The van der Waals surface area contributed by atoms with Crippen LogP contribution in [0.5, 0.6) is 0 Å². The summed E-state index contributed by atoms with van der Waals surface area (Å²) in [7, 11) is 0. The van der Waals surface area contributed by atoms with Crippen molar-refractivity contribution in [3.63, 3.8) is 0 Å². The Bertz CT molecular complexity index is 991. The van der Waals surface area contributed by atoms with Gasteiger partial charge in [0.25, 0.3) is 0 Å². The number of rotatable bonds is 3. The standard InChI is InChI=1S/C18H21N7O2/c1-10-14(11(2)27-23-10)7-25-13-4-3-12(18(25)26)5-24(6-13)17-15-16(20-8-19-15)21-9-22-17/h8-9,12-13H,3-7H2,1-2H3,(H,19,20,21,22)/t12-,13+/m1/s1. The fourth-order valence-corrected chi connectivity index (χ4v) is 4.31. The van der Waals surface area contributed by atoms with Crippen molar-refractivity contribution < 1.29 is 9.32 Å². The number of carbonyl (C=O) groups excluding carboxylic acids is 1. The summed E-state index contributed by atoms with van der Waals surface area (Å²) in [5, 5.41) is 4.03. The van der Waals surface area contributed by atoms with Gasteiger partial charge in [0.1, 0.15) is 17.6 Å². The summed E-state index contributed by atoms with van der Waals surface area (Å²) in [6.07, 6.45) is 5.07. The number of amides is 1. The molecule has 27 heavy (non-hydrogen) atoms. The first-order chi connectivity index (χ1) is 13.1. The van der Waals surface area contributed by atoms with Gasteiger partial charge in [0.15, 0.2) is 11.5 Å². The van der Waals surface area contributed by atoms with E-state index in [0.29, 0.717) is 18.7 Å². The minimum atomic E-state index is -0.0304. The summed E-state index contributed by atoms with van der Waals surface area (Å²) in [5.74, 6) is 1.79. The maximum atomic E-state index is 13.1. The number of hydrogen-bond donors (Lipinski definition) is 1. The third kappa shape index (κ3) is 2.56. The second-order valence-corrected chi connectivity index (χ2v) is 7.40. The highest BCUT2D eigenvalue weighted by Crippen LogP contribution is 2.34. The topological polar surface area (TPSA) is 104 Å². The van der Waals surface area contributed by atoms with Crippen LogP contribution in [0.4, 0.5) is 5.82 Å². The van der Waals surface area contributed by atoms with Gasteiger partial charge in [-0.3, -0.25) is 4.79 Å². The minimum Gasteiger partial charge on any atom is -0.361 e. The molecule has 6 heterocycles. The zero-order valence-corrected chi connectivity index (χ0v) is 15.3. The third-order valence-corrected chi connectivity index (χ3v) is 5.81. The van der Waals surface area contributed by atoms with Crippen molar-refractivity contribution in [3.05, 3.63) is 29.7 Å². The predicted molar refractivity (Wildman–Crippen MR) is 96.9 cm³/mol. The van der Waals surface area contributed by atoms with Gasteiger partial charge < -0.3 is 19.3 Å². The smallest absolute Gasteiger partial charge is 0.228 e. The van der Waals surface area contributed by atoms with Crippen LogP contribution in [0.15, 0.2) is 17.2 Å². The molecule has 140 valence electrons. The van der Waals surface area contributed by atoms with Crippen LogP contribution in [0.2, 0.25) is 0 Å². The summed E-state index contributed by atoms with van der Waals surface area (Å²) < 4.78 is 5.29. The van der Waals surface area contributed by atoms with Crippen LogP contribution in [0.25, 0.3) is 11.2 Å². The second-order valence-electron chi connectivity index (χ2n) is 7.40. The van der Waals surface area contributed by atoms with Crippen LogP contribution in [0.3, 0.4) is 0 Å². The molecule has 1 N–H and O–H groups in total. The summed E-state index contributed by atoms with van der Waals surface area (Å²) >= 11 is 0. The zero-order valence-electron chi connectivity index (χ0n) is 15.3. The first-order valence-corrected chi connectivity index (χ1v) is 9.23. The quantitative estimate of drug-likeness (QED) is 0.749. The van der Waals surface area contributed by atoms with E-state index in [9.17, 15) is 4.79 Å². The minimum absolute atomic E-state index is 0.0304. The monoisotopic (exact) mass is 367 g/mol. The summed E-state index contributed by atoms with van der Waals surface area (Å²) in [5.41, 5.74) is 3.34. The number of anilines is 1. The number of nitrogens with zero attached hydrogens (tertiary/aromatic N) is 6. The molecule has 0 saturated carbocycles. The molecule has 9 heteroatoms.